The summed E-state index contributed by atoms with van der Waals surface area (Å²) in [5, 5.41) is 2.43. The second-order valence-electron chi connectivity index (χ2n) is 5.80. The topological polar surface area (TPSA) is 75.7 Å². The highest BCUT2D eigenvalue weighted by atomic mass is 32.2. The Morgan fingerprint density at radius 3 is 2.44 bits per heavy atom. The minimum absolute atomic E-state index is 0.0245. The first kappa shape index (κ1) is 20.6. The van der Waals surface area contributed by atoms with Crippen LogP contribution in [-0.2, 0) is 14.8 Å². The van der Waals surface area contributed by atoms with Crippen molar-refractivity contribution in [1.82, 2.24) is 0 Å². The number of hydrogen-bond donors (Lipinski definition) is 1. The molecule has 0 heterocycles. The first-order chi connectivity index (χ1) is 12.7. The van der Waals surface area contributed by atoms with Gasteiger partial charge >= 0.3 is 0 Å². The van der Waals surface area contributed by atoms with E-state index < -0.39 is 33.6 Å². The Hall–Kier alpha value is -2.68. The molecule has 2 aromatic carbocycles. The van der Waals surface area contributed by atoms with E-state index in [0.717, 1.165) is 22.7 Å². The van der Waals surface area contributed by atoms with Crippen molar-refractivity contribution < 1.29 is 26.7 Å². The van der Waals surface area contributed by atoms with Crippen LogP contribution in [0.4, 0.5) is 20.2 Å². The highest BCUT2D eigenvalue weighted by molar-refractivity contribution is 7.92. The number of carbonyl (C=O) groups excluding carboxylic acids is 1. The standard InChI is InChI=1S/C18H20F2N2O4S/c1-4-17(18(23)21-12-8-9-15(19)16(20)10-12)22(27(3,24)25)13-6-5-7-14(11-13)26-2/h5-11,17H,4H2,1-3H3,(H,21,23)/t17-/m1/s1. The van der Waals surface area contributed by atoms with Gasteiger partial charge < -0.3 is 10.1 Å². The van der Waals surface area contributed by atoms with E-state index in [0.29, 0.717) is 5.75 Å². The number of anilines is 2. The summed E-state index contributed by atoms with van der Waals surface area (Å²) >= 11 is 0. The fraction of sp³-hybridized carbons (Fsp3) is 0.278. The van der Waals surface area contributed by atoms with Crippen LogP contribution in [0.1, 0.15) is 13.3 Å². The summed E-state index contributed by atoms with van der Waals surface area (Å²) in [6.07, 6.45) is 1.14. The number of hydrogen-bond acceptors (Lipinski definition) is 4. The maximum Gasteiger partial charge on any atom is 0.248 e. The third kappa shape index (κ3) is 4.94. The van der Waals surface area contributed by atoms with Gasteiger partial charge in [0.25, 0.3) is 0 Å². The third-order valence-electron chi connectivity index (χ3n) is 3.82. The molecule has 9 heteroatoms. The Labute approximate surface area is 156 Å². The molecule has 0 aromatic heterocycles. The highest BCUT2D eigenvalue weighted by Crippen LogP contribution is 2.27. The molecule has 146 valence electrons. The van der Waals surface area contributed by atoms with Crippen molar-refractivity contribution in [2.45, 2.75) is 19.4 Å². The predicted octanol–water partition coefficient (Wildman–Crippen LogP) is 3.16. The van der Waals surface area contributed by atoms with Crippen molar-refractivity contribution in [2.24, 2.45) is 0 Å². The Kier molecular flexibility index (Phi) is 6.37. The van der Waals surface area contributed by atoms with E-state index in [1.165, 1.54) is 25.3 Å². The first-order valence-electron chi connectivity index (χ1n) is 8.06. The minimum atomic E-state index is -3.82. The summed E-state index contributed by atoms with van der Waals surface area (Å²) in [5.41, 5.74) is 0.278. The van der Waals surface area contributed by atoms with Crippen LogP contribution in [0.15, 0.2) is 42.5 Å². The van der Waals surface area contributed by atoms with Gasteiger partial charge in [-0.3, -0.25) is 9.10 Å². The maximum atomic E-state index is 13.4. The molecular formula is C18H20F2N2O4S. The number of amides is 1. The molecule has 0 saturated heterocycles. The number of ether oxygens (including phenoxy) is 1. The van der Waals surface area contributed by atoms with E-state index in [9.17, 15) is 22.0 Å². The zero-order chi connectivity index (χ0) is 20.2. The lowest BCUT2D eigenvalue weighted by molar-refractivity contribution is -0.117. The zero-order valence-corrected chi connectivity index (χ0v) is 15.9. The lowest BCUT2D eigenvalue weighted by atomic mass is 10.1. The van der Waals surface area contributed by atoms with Crippen molar-refractivity contribution in [2.75, 3.05) is 23.0 Å². The Morgan fingerprint density at radius 1 is 1.19 bits per heavy atom. The molecule has 0 aliphatic heterocycles. The van der Waals surface area contributed by atoms with Gasteiger partial charge in [-0.1, -0.05) is 13.0 Å². The fourth-order valence-corrected chi connectivity index (χ4v) is 3.81. The second-order valence-corrected chi connectivity index (χ2v) is 7.66. The molecule has 27 heavy (non-hydrogen) atoms. The van der Waals surface area contributed by atoms with Gasteiger partial charge in [-0.15, -0.1) is 0 Å². The Balaban J connectivity index is 2.39. The summed E-state index contributed by atoms with van der Waals surface area (Å²) in [6.45, 7) is 1.65. The molecule has 0 aliphatic rings. The molecule has 2 aromatic rings. The SMILES string of the molecule is CC[C@H](C(=O)Nc1ccc(F)c(F)c1)N(c1cccc(OC)c1)S(C)(=O)=O. The van der Waals surface area contributed by atoms with Crippen LogP contribution in [0.3, 0.4) is 0 Å². The molecular weight excluding hydrogens is 378 g/mol. The van der Waals surface area contributed by atoms with Crippen molar-refractivity contribution in [3.63, 3.8) is 0 Å². The van der Waals surface area contributed by atoms with Gasteiger partial charge in [-0.2, -0.15) is 0 Å². The minimum Gasteiger partial charge on any atom is -0.497 e. The molecule has 1 N–H and O–H groups in total. The maximum absolute atomic E-state index is 13.4. The molecule has 0 unspecified atom stereocenters. The quantitative estimate of drug-likeness (QED) is 0.777. The summed E-state index contributed by atoms with van der Waals surface area (Å²) < 4.78 is 57.3. The molecule has 2 rings (SSSR count). The van der Waals surface area contributed by atoms with Crippen molar-refractivity contribution in [3.8, 4) is 5.75 Å². The molecule has 0 saturated carbocycles. The average Bonchev–Trinajstić information content (AvgIpc) is 2.61. The number of nitrogens with one attached hydrogen (secondary N) is 1. The van der Waals surface area contributed by atoms with Gasteiger partial charge in [0.15, 0.2) is 11.6 Å². The van der Waals surface area contributed by atoms with E-state index in [4.69, 9.17) is 4.74 Å². The normalized spacial score (nSPS) is 12.3. The number of halogens is 2. The van der Waals surface area contributed by atoms with Crippen molar-refractivity contribution in [1.29, 1.82) is 0 Å². The number of sulfonamides is 1. The zero-order valence-electron chi connectivity index (χ0n) is 15.1. The summed E-state index contributed by atoms with van der Waals surface area (Å²) in [5.74, 6) is -2.41. The number of nitrogens with zero attached hydrogens (tertiary/aromatic N) is 1. The van der Waals surface area contributed by atoms with Gasteiger partial charge in [-0.25, -0.2) is 17.2 Å². The van der Waals surface area contributed by atoms with Gasteiger partial charge in [0.05, 0.1) is 19.1 Å². The van der Waals surface area contributed by atoms with Gasteiger partial charge in [0.2, 0.25) is 15.9 Å². The van der Waals surface area contributed by atoms with Gasteiger partial charge in [0, 0.05) is 17.8 Å². The van der Waals surface area contributed by atoms with E-state index >= 15 is 0 Å². The summed E-state index contributed by atoms with van der Waals surface area (Å²) in [6, 6.07) is 8.09. The van der Waals surface area contributed by atoms with Crippen LogP contribution in [0.2, 0.25) is 0 Å². The largest absolute Gasteiger partial charge is 0.497 e. The van der Waals surface area contributed by atoms with Crippen LogP contribution in [0.5, 0.6) is 5.75 Å². The van der Waals surface area contributed by atoms with Crippen LogP contribution in [0.25, 0.3) is 0 Å². The lowest BCUT2D eigenvalue weighted by Crippen LogP contribution is -2.47. The number of benzene rings is 2. The number of methoxy groups -OCH3 is 1. The molecule has 6 nitrogen and oxygen atoms in total. The van der Waals surface area contributed by atoms with E-state index in [2.05, 4.69) is 5.32 Å². The molecule has 0 spiro atoms. The average molecular weight is 398 g/mol. The molecule has 0 radical (unpaired) electrons. The van der Waals surface area contributed by atoms with E-state index in [1.54, 1.807) is 19.1 Å². The van der Waals surface area contributed by atoms with Gasteiger partial charge in [0.1, 0.15) is 11.8 Å². The van der Waals surface area contributed by atoms with E-state index in [1.807, 2.05) is 0 Å². The fourth-order valence-electron chi connectivity index (χ4n) is 2.61. The summed E-state index contributed by atoms with van der Waals surface area (Å²) in [7, 11) is -2.38. The predicted molar refractivity (Wildman–Crippen MR) is 99.4 cm³/mol. The molecule has 0 aliphatic carbocycles. The summed E-state index contributed by atoms with van der Waals surface area (Å²) in [4.78, 5) is 12.7. The van der Waals surface area contributed by atoms with Crippen LogP contribution >= 0.6 is 0 Å². The Morgan fingerprint density at radius 2 is 1.89 bits per heavy atom. The molecule has 0 bridgehead atoms. The van der Waals surface area contributed by atoms with Gasteiger partial charge in [-0.05, 0) is 30.7 Å². The number of rotatable bonds is 7. The van der Waals surface area contributed by atoms with Crippen molar-refractivity contribution in [3.05, 3.63) is 54.1 Å². The van der Waals surface area contributed by atoms with E-state index in [-0.39, 0.29) is 17.8 Å². The molecule has 1 atom stereocenters. The van der Waals surface area contributed by atoms with Crippen LogP contribution < -0.4 is 14.4 Å². The monoisotopic (exact) mass is 398 g/mol. The van der Waals surface area contributed by atoms with Crippen molar-refractivity contribution >= 4 is 27.3 Å². The first-order valence-corrected chi connectivity index (χ1v) is 9.91. The van der Waals surface area contributed by atoms with Crippen LogP contribution in [0, 0.1) is 11.6 Å². The third-order valence-corrected chi connectivity index (χ3v) is 5.00. The molecule has 0 fully saturated rings. The smallest absolute Gasteiger partial charge is 0.248 e. The molecule has 1 amide bonds. The highest BCUT2D eigenvalue weighted by Gasteiger charge is 2.31. The van der Waals surface area contributed by atoms with Crippen LogP contribution in [-0.4, -0.2) is 33.7 Å². The Bertz CT molecular complexity index is 935. The number of carbonyl (C=O) groups is 1. The second kappa shape index (κ2) is 8.34. The lowest BCUT2D eigenvalue weighted by Gasteiger charge is -2.30.